The van der Waals surface area contributed by atoms with Gasteiger partial charge in [0.05, 0.1) is 0 Å². The van der Waals surface area contributed by atoms with E-state index in [1.54, 1.807) is 5.56 Å². The first kappa shape index (κ1) is 29.1. The Morgan fingerprint density at radius 3 is 1.83 bits per heavy atom. The molecule has 1 aromatic rings. The first-order valence-electron chi connectivity index (χ1n) is 11.1. The average molecular weight is 549 g/mol. The van der Waals surface area contributed by atoms with Gasteiger partial charge in [-0.3, -0.25) is 0 Å². The summed E-state index contributed by atoms with van der Waals surface area (Å²) < 4.78 is 0.260. The van der Waals surface area contributed by atoms with E-state index in [-0.39, 0.29) is 4.75 Å². The maximum absolute atomic E-state index is 4.55. The van der Waals surface area contributed by atoms with Crippen molar-refractivity contribution in [1.29, 1.82) is 0 Å². The fraction of sp³-hybridized carbons (Fsp3) is 0.654. The van der Waals surface area contributed by atoms with Gasteiger partial charge in [0.25, 0.3) is 0 Å². The first-order valence-corrected chi connectivity index (χ1v) is 16.3. The first-order chi connectivity index (χ1) is 13.9. The number of hydrogen-bond acceptors (Lipinski definition) is 1. The molecule has 0 amide bonds. The summed E-state index contributed by atoms with van der Waals surface area (Å²) in [6.45, 7) is 13.4. The van der Waals surface area contributed by atoms with Crippen LogP contribution in [0.3, 0.4) is 0 Å². The van der Waals surface area contributed by atoms with Crippen molar-refractivity contribution in [3.8, 4) is 0 Å². The third kappa shape index (κ3) is 7.64. The Bertz CT molecular complexity index is 565. The zero-order valence-corrected chi connectivity index (χ0v) is 23.6. The number of thiocarbonyl (C=S) groups is 1. The lowest BCUT2D eigenvalue weighted by Gasteiger charge is -2.48. The highest BCUT2D eigenvalue weighted by molar-refractivity contribution is 14.1. The lowest BCUT2D eigenvalue weighted by Crippen LogP contribution is -2.30. The molecule has 1 saturated carbocycles. The van der Waals surface area contributed by atoms with Crippen LogP contribution in [0.2, 0.25) is 0 Å². The van der Waals surface area contributed by atoms with Gasteiger partial charge in [-0.15, -0.1) is 0 Å². The fourth-order valence-corrected chi connectivity index (χ4v) is 8.11. The number of alkyl halides is 1. The fourth-order valence-electron chi connectivity index (χ4n) is 4.49. The lowest BCUT2D eigenvalue weighted by atomic mass is 9.83. The van der Waals surface area contributed by atoms with Crippen molar-refractivity contribution in [3.63, 3.8) is 0 Å². The topological polar surface area (TPSA) is 0 Å². The maximum atomic E-state index is 4.55. The molecule has 0 unspecified atom stereocenters. The molecule has 1 saturated heterocycles. The predicted molar refractivity (Wildman–Crippen MR) is 154 cm³/mol. The van der Waals surface area contributed by atoms with Crippen molar-refractivity contribution < 1.29 is 0 Å². The van der Waals surface area contributed by atoms with Crippen molar-refractivity contribution in [2.24, 2.45) is 0 Å². The van der Waals surface area contributed by atoms with Crippen LogP contribution in [-0.2, 0) is 0 Å². The predicted octanol–water partition coefficient (Wildman–Crippen LogP) is 9.45. The molecule has 0 N–H and O–H groups in total. The zero-order chi connectivity index (χ0) is 22.5. The normalized spacial score (nSPS) is 19.3. The minimum atomic E-state index is -0.560. The Labute approximate surface area is 203 Å². The van der Waals surface area contributed by atoms with Gasteiger partial charge in [0, 0.05) is 4.75 Å². The highest BCUT2D eigenvalue weighted by atomic mass is 127. The Balaban J connectivity index is 0.00000120. The molecule has 3 rings (SSSR count). The Morgan fingerprint density at radius 2 is 1.38 bits per heavy atom. The Hall–Kier alpha value is 0.130. The average Bonchev–Trinajstić information content (AvgIpc) is 3.26. The highest BCUT2D eigenvalue weighted by Crippen LogP contribution is 2.64. The van der Waals surface area contributed by atoms with E-state index in [1.807, 2.05) is 18.8 Å². The summed E-state index contributed by atoms with van der Waals surface area (Å²) in [5.41, 5.74) is 4.29. The third-order valence-corrected chi connectivity index (χ3v) is 11.8. The molecule has 1 aromatic carbocycles. The molecule has 2 fully saturated rings. The summed E-state index contributed by atoms with van der Waals surface area (Å²) in [7, 11) is -0.560. The van der Waals surface area contributed by atoms with Crippen LogP contribution in [-0.4, -0.2) is 33.3 Å². The molecular formula is C26H45IS2. The van der Waals surface area contributed by atoms with E-state index in [4.69, 9.17) is 0 Å². The van der Waals surface area contributed by atoms with Gasteiger partial charge >= 0.3 is 0 Å². The van der Waals surface area contributed by atoms with Crippen LogP contribution >= 0.6 is 44.8 Å². The summed E-state index contributed by atoms with van der Waals surface area (Å²) in [5.74, 6) is 6.50. The summed E-state index contributed by atoms with van der Waals surface area (Å²) in [6.07, 6.45) is 12.4. The van der Waals surface area contributed by atoms with E-state index in [1.165, 1.54) is 67.6 Å². The van der Waals surface area contributed by atoms with Crippen LogP contribution < -0.4 is 0 Å². The van der Waals surface area contributed by atoms with E-state index in [2.05, 4.69) is 91.6 Å². The van der Waals surface area contributed by atoms with Gasteiger partial charge in [0.2, 0.25) is 0 Å². The summed E-state index contributed by atoms with van der Waals surface area (Å²) in [6, 6.07) is 9.48. The molecule has 2 aliphatic rings. The van der Waals surface area contributed by atoms with E-state index >= 15 is 0 Å². The van der Waals surface area contributed by atoms with Gasteiger partial charge in [0.1, 0.15) is 0 Å². The van der Waals surface area contributed by atoms with Gasteiger partial charge in [0.15, 0.2) is 0 Å². The molecule has 3 heteroatoms. The molecule has 0 aromatic heterocycles. The van der Waals surface area contributed by atoms with Crippen LogP contribution in [0, 0.1) is 0 Å². The highest BCUT2D eigenvalue weighted by Gasteiger charge is 2.40. The standard InChI is InChI=1S/C22H34S.C2H6.CH3I.CH2S/c1-18(22(2,3)23(4)16-8-9-17-23)19-12-14-21(15-13-19)20-10-6-5-7-11-20;3*1-2/h12-15,20H,1,5-11,16-17H2,2-4H3;1-2H3;1H3;1H2. The van der Waals surface area contributed by atoms with Crippen LogP contribution in [0.4, 0.5) is 0 Å². The molecule has 0 radical (unpaired) electrons. The SMILES string of the molecule is C=C(c1ccc(C2CCCCC2)cc1)C(C)(C)S1(C)CCCC1.C=S.CC.CI. The number of halogens is 1. The van der Waals surface area contributed by atoms with E-state index in [9.17, 15) is 0 Å². The van der Waals surface area contributed by atoms with E-state index in [0.717, 1.165) is 5.92 Å². The number of benzene rings is 1. The number of rotatable bonds is 4. The minimum absolute atomic E-state index is 0.260. The Kier molecular flexibility index (Phi) is 15.1. The van der Waals surface area contributed by atoms with Crippen molar-refractivity contribution in [2.75, 3.05) is 22.7 Å². The molecule has 0 spiro atoms. The minimum Gasteiger partial charge on any atom is -0.235 e. The summed E-state index contributed by atoms with van der Waals surface area (Å²) in [4.78, 5) is 1.97. The van der Waals surface area contributed by atoms with E-state index in [0.29, 0.717) is 0 Å². The second-order valence-electron chi connectivity index (χ2n) is 8.34. The monoisotopic (exact) mass is 548 g/mol. The summed E-state index contributed by atoms with van der Waals surface area (Å²) >= 11 is 5.98. The van der Waals surface area contributed by atoms with Crippen molar-refractivity contribution >= 4 is 56.3 Å². The van der Waals surface area contributed by atoms with Gasteiger partial charge in [-0.25, -0.2) is 10.0 Å². The molecule has 0 bridgehead atoms. The van der Waals surface area contributed by atoms with Crippen molar-refractivity contribution in [1.82, 2.24) is 0 Å². The van der Waals surface area contributed by atoms with Crippen molar-refractivity contribution in [2.45, 2.75) is 83.3 Å². The van der Waals surface area contributed by atoms with Gasteiger partial charge in [-0.1, -0.05) is 98.8 Å². The molecule has 0 atom stereocenters. The molecular weight excluding hydrogens is 503 g/mol. The van der Waals surface area contributed by atoms with Crippen LogP contribution in [0.25, 0.3) is 5.57 Å². The van der Waals surface area contributed by atoms with Gasteiger partial charge in [-0.2, -0.15) is 0 Å². The van der Waals surface area contributed by atoms with Crippen LogP contribution in [0.5, 0.6) is 0 Å². The molecule has 1 aliphatic carbocycles. The lowest BCUT2D eigenvalue weighted by molar-refractivity contribution is 0.443. The summed E-state index contributed by atoms with van der Waals surface area (Å²) in [5, 5.41) is 0. The number of hydrogen-bond donors (Lipinski definition) is 0. The molecule has 29 heavy (non-hydrogen) atoms. The quantitative estimate of drug-likeness (QED) is 0.205. The Morgan fingerprint density at radius 1 is 0.931 bits per heavy atom. The smallest absolute Gasteiger partial charge is 0.0194 e. The molecule has 1 aliphatic heterocycles. The molecule has 168 valence electrons. The molecule has 1 heterocycles. The van der Waals surface area contributed by atoms with E-state index < -0.39 is 10.0 Å². The van der Waals surface area contributed by atoms with Gasteiger partial charge in [-0.05, 0) is 90.7 Å². The zero-order valence-electron chi connectivity index (χ0n) is 19.9. The largest absolute Gasteiger partial charge is 0.235 e. The second-order valence-corrected chi connectivity index (χ2v) is 12.7. The van der Waals surface area contributed by atoms with Crippen LogP contribution in [0.15, 0.2) is 30.8 Å². The van der Waals surface area contributed by atoms with Crippen molar-refractivity contribution in [3.05, 3.63) is 42.0 Å². The maximum Gasteiger partial charge on any atom is 0.0194 e. The second kappa shape index (κ2) is 15.0. The van der Waals surface area contributed by atoms with Crippen LogP contribution in [0.1, 0.15) is 89.7 Å². The molecule has 0 nitrogen and oxygen atoms in total. The van der Waals surface area contributed by atoms with Gasteiger partial charge < -0.3 is 0 Å². The third-order valence-electron chi connectivity index (χ3n) is 6.73.